The highest BCUT2D eigenvalue weighted by molar-refractivity contribution is 6.31. The Labute approximate surface area is 130 Å². The summed E-state index contributed by atoms with van der Waals surface area (Å²) in [6.07, 6.45) is 1.60. The Bertz CT molecular complexity index is 529. The van der Waals surface area contributed by atoms with Gasteiger partial charge in [0.25, 0.3) is 5.91 Å². The van der Waals surface area contributed by atoms with Crippen LogP contribution < -0.4 is 0 Å². The van der Waals surface area contributed by atoms with E-state index in [0.717, 1.165) is 12.8 Å². The van der Waals surface area contributed by atoms with Crippen LogP contribution in [0.15, 0.2) is 24.3 Å². The third kappa shape index (κ3) is 3.38. The van der Waals surface area contributed by atoms with Gasteiger partial charge in [0, 0.05) is 30.2 Å². The second-order valence-electron chi connectivity index (χ2n) is 5.18. The number of amides is 2. The molecule has 0 aliphatic carbocycles. The molecule has 2 amide bonds. The predicted molar refractivity (Wildman–Crippen MR) is 83.4 cm³/mol. The van der Waals surface area contributed by atoms with Crippen molar-refractivity contribution in [1.29, 1.82) is 0 Å². The van der Waals surface area contributed by atoms with Gasteiger partial charge in [-0.2, -0.15) is 0 Å². The number of rotatable bonds is 4. The lowest BCUT2D eigenvalue weighted by molar-refractivity contribution is -0.134. The maximum absolute atomic E-state index is 12.6. The lowest BCUT2D eigenvalue weighted by Crippen LogP contribution is -2.47. The van der Waals surface area contributed by atoms with Gasteiger partial charge in [0.05, 0.1) is 0 Å². The first kappa shape index (κ1) is 15.8. The van der Waals surface area contributed by atoms with E-state index < -0.39 is 0 Å². The number of halogens is 1. The number of hydrogen-bond acceptors (Lipinski definition) is 2. The van der Waals surface area contributed by atoms with Gasteiger partial charge in [0.2, 0.25) is 5.91 Å². The molecule has 1 aliphatic rings. The number of nitrogens with zero attached hydrogens (tertiary/aromatic N) is 2. The average molecular weight is 309 g/mol. The fourth-order valence-corrected chi connectivity index (χ4v) is 2.99. The molecule has 5 heteroatoms. The molecule has 0 spiro atoms. The van der Waals surface area contributed by atoms with Crippen LogP contribution in [-0.2, 0) is 4.79 Å². The van der Waals surface area contributed by atoms with E-state index in [9.17, 15) is 9.59 Å². The molecule has 1 aromatic rings. The summed E-state index contributed by atoms with van der Waals surface area (Å²) in [6, 6.07) is 6.55. The van der Waals surface area contributed by atoms with Crippen LogP contribution in [0.5, 0.6) is 0 Å². The van der Waals surface area contributed by atoms with Crippen LogP contribution in [0.4, 0.5) is 0 Å². The van der Waals surface area contributed by atoms with E-state index >= 15 is 0 Å². The summed E-state index contributed by atoms with van der Waals surface area (Å²) >= 11 is 5.94. The van der Waals surface area contributed by atoms with Gasteiger partial charge in [-0.1, -0.05) is 17.7 Å². The fraction of sp³-hybridized carbons (Fsp3) is 0.500. The molecule has 2 rings (SSSR count). The Hall–Kier alpha value is -1.55. The molecule has 114 valence electrons. The first-order chi connectivity index (χ1) is 10.1. The van der Waals surface area contributed by atoms with Crippen LogP contribution in [0, 0.1) is 0 Å². The summed E-state index contributed by atoms with van der Waals surface area (Å²) in [7, 11) is 0. The molecule has 1 heterocycles. The zero-order valence-electron chi connectivity index (χ0n) is 12.5. The molecule has 0 radical (unpaired) electrons. The number of likely N-dealkylation sites (tertiary alicyclic amines) is 1. The monoisotopic (exact) mass is 308 g/mol. The number of likely N-dealkylation sites (N-methyl/N-ethyl adjacent to an activating group) is 1. The number of carbonyl (C=O) groups is 2. The van der Waals surface area contributed by atoms with E-state index in [1.807, 2.05) is 13.8 Å². The van der Waals surface area contributed by atoms with Crippen LogP contribution in [0.1, 0.15) is 37.0 Å². The quantitative estimate of drug-likeness (QED) is 0.858. The van der Waals surface area contributed by atoms with Crippen LogP contribution in [0.3, 0.4) is 0 Å². The van der Waals surface area contributed by atoms with Gasteiger partial charge in [-0.05, 0) is 44.9 Å². The normalized spacial score (nSPS) is 17.9. The summed E-state index contributed by atoms with van der Waals surface area (Å²) in [5, 5.41) is 0.534. The largest absolute Gasteiger partial charge is 0.341 e. The number of hydrogen-bond donors (Lipinski definition) is 0. The van der Waals surface area contributed by atoms with Crippen molar-refractivity contribution in [3.05, 3.63) is 34.9 Å². The van der Waals surface area contributed by atoms with Crippen LogP contribution in [0.2, 0.25) is 5.02 Å². The Morgan fingerprint density at radius 2 is 2.05 bits per heavy atom. The SMILES string of the molecule is CCN(CC)C(=O)C1CCCN1C(=O)c1cccc(Cl)c1. The van der Waals surface area contributed by atoms with E-state index in [1.54, 1.807) is 34.1 Å². The molecule has 21 heavy (non-hydrogen) atoms. The van der Waals surface area contributed by atoms with Gasteiger partial charge < -0.3 is 9.80 Å². The molecule has 0 bridgehead atoms. The molecule has 0 aromatic heterocycles. The van der Waals surface area contributed by atoms with Crippen molar-refractivity contribution in [3.8, 4) is 0 Å². The predicted octanol–water partition coefficient (Wildman–Crippen LogP) is 2.81. The maximum atomic E-state index is 12.6. The second-order valence-corrected chi connectivity index (χ2v) is 5.61. The maximum Gasteiger partial charge on any atom is 0.254 e. The van der Waals surface area contributed by atoms with Crippen molar-refractivity contribution >= 4 is 23.4 Å². The van der Waals surface area contributed by atoms with E-state index in [4.69, 9.17) is 11.6 Å². The smallest absolute Gasteiger partial charge is 0.254 e. The van der Waals surface area contributed by atoms with Crippen molar-refractivity contribution in [2.75, 3.05) is 19.6 Å². The van der Waals surface area contributed by atoms with Crippen molar-refractivity contribution in [1.82, 2.24) is 9.80 Å². The third-order valence-electron chi connectivity index (χ3n) is 3.95. The summed E-state index contributed by atoms with van der Waals surface area (Å²) in [4.78, 5) is 28.6. The minimum atomic E-state index is -0.337. The van der Waals surface area contributed by atoms with Crippen LogP contribution in [0.25, 0.3) is 0 Å². The Balaban J connectivity index is 2.18. The molecule has 0 saturated carbocycles. The third-order valence-corrected chi connectivity index (χ3v) is 4.18. The summed E-state index contributed by atoms with van der Waals surface area (Å²) in [5.41, 5.74) is 0.543. The van der Waals surface area contributed by atoms with Crippen molar-refractivity contribution in [3.63, 3.8) is 0 Å². The first-order valence-corrected chi connectivity index (χ1v) is 7.81. The summed E-state index contributed by atoms with van der Waals surface area (Å²) in [6.45, 7) is 5.89. The molecule has 4 nitrogen and oxygen atoms in total. The Morgan fingerprint density at radius 3 is 2.67 bits per heavy atom. The van der Waals surface area contributed by atoms with Crippen LogP contribution >= 0.6 is 11.6 Å². The highest BCUT2D eigenvalue weighted by Crippen LogP contribution is 2.23. The van der Waals surface area contributed by atoms with E-state index in [-0.39, 0.29) is 17.9 Å². The molecule has 1 saturated heterocycles. The van der Waals surface area contributed by atoms with Gasteiger partial charge in [-0.3, -0.25) is 9.59 Å². The average Bonchev–Trinajstić information content (AvgIpc) is 2.97. The molecule has 1 unspecified atom stereocenters. The number of carbonyl (C=O) groups excluding carboxylic acids is 2. The topological polar surface area (TPSA) is 40.6 Å². The molecule has 1 atom stereocenters. The minimum absolute atomic E-state index is 0.0490. The van der Waals surface area contributed by atoms with Gasteiger partial charge in [0.15, 0.2) is 0 Å². The molecular weight excluding hydrogens is 288 g/mol. The zero-order chi connectivity index (χ0) is 15.4. The van der Waals surface area contributed by atoms with Gasteiger partial charge in [-0.15, -0.1) is 0 Å². The van der Waals surface area contributed by atoms with E-state index in [0.29, 0.717) is 30.2 Å². The Morgan fingerprint density at radius 1 is 1.33 bits per heavy atom. The van der Waals surface area contributed by atoms with E-state index in [1.165, 1.54) is 0 Å². The van der Waals surface area contributed by atoms with Gasteiger partial charge in [-0.25, -0.2) is 0 Å². The van der Waals surface area contributed by atoms with Crippen LogP contribution in [-0.4, -0.2) is 47.3 Å². The second kappa shape index (κ2) is 6.94. The Kier molecular flexibility index (Phi) is 5.23. The van der Waals surface area contributed by atoms with Gasteiger partial charge in [0.1, 0.15) is 6.04 Å². The minimum Gasteiger partial charge on any atom is -0.341 e. The fourth-order valence-electron chi connectivity index (χ4n) is 2.80. The van der Waals surface area contributed by atoms with Crippen molar-refractivity contribution < 1.29 is 9.59 Å². The zero-order valence-corrected chi connectivity index (χ0v) is 13.3. The molecule has 0 N–H and O–H groups in total. The summed E-state index contributed by atoms with van der Waals surface area (Å²) in [5.74, 6) is -0.0617. The molecule has 1 aromatic carbocycles. The lowest BCUT2D eigenvalue weighted by Gasteiger charge is -2.29. The van der Waals surface area contributed by atoms with Gasteiger partial charge >= 0.3 is 0 Å². The van der Waals surface area contributed by atoms with E-state index in [2.05, 4.69) is 0 Å². The van der Waals surface area contributed by atoms with Crippen molar-refractivity contribution in [2.45, 2.75) is 32.7 Å². The van der Waals surface area contributed by atoms with Crippen molar-refractivity contribution in [2.24, 2.45) is 0 Å². The standard InChI is InChI=1S/C16H21ClN2O2/c1-3-18(4-2)16(21)14-9-6-10-19(14)15(20)12-7-5-8-13(17)11-12/h5,7-8,11,14H,3-4,6,9-10H2,1-2H3. The molecular formula is C16H21ClN2O2. The highest BCUT2D eigenvalue weighted by Gasteiger charge is 2.36. The molecule has 1 aliphatic heterocycles. The number of benzene rings is 1. The highest BCUT2D eigenvalue weighted by atomic mass is 35.5. The lowest BCUT2D eigenvalue weighted by atomic mass is 10.1. The molecule has 1 fully saturated rings. The summed E-state index contributed by atoms with van der Waals surface area (Å²) < 4.78 is 0. The first-order valence-electron chi connectivity index (χ1n) is 7.43.